The summed E-state index contributed by atoms with van der Waals surface area (Å²) in [4.78, 5) is 19.1. The first-order chi connectivity index (χ1) is 14.2. The number of rotatable bonds is 8. The highest BCUT2D eigenvalue weighted by molar-refractivity contribution is 5.86. The molecule has 0 aliphatic carbocycles. The van der Waals surface area contributed by atoms with Gasteiger partial charge in [0.2, 0.25) is 0 Å². The Kier molecular flexibility index (Phi) is 5.92. The van der Waals surface area contributed by atoms with Crippen LogP contribution in [0, 0.1) is 0 Å². The maximum absolute atomic E-state index is 12.9. The van der Waals surface area contributed by atoms with Gasteiger partial charge >= 0.3 is 0 Å². The number of amides is 1. The molecule has 6 heteroatoms. The average molecular weight is 393 g/mol. The molecule has 0 radical (unpaired) electrons. The zero-order valence-electron chi connectivity index (χ0n) is 16.6. The quantitative estimate of drug-likeness (QED) is 0.618. The molecule has 0 saturated carbocycles. The van der Waals surface area contributed by atoms with Crippen molar-refractivity contribution in [1.82, 2.24) is 19.6 Å². The largest absolute Gasteiger partial charge is 0.379 e. The number of benzene rings is 1. The smallest absolute Gasteiger partial charge is 0.255 e. The summed E-state index contributed by atoms with van der Waals surface area (Å²) < 4.78 is 2.01. The van der Waals surface area contributed by atoms with Crippen molar-refractivity contribution in [3.8, 4) is 0 Å². The first-order valence-electron chi connectivity index (χ1n) is 10.3. The Balaban J connectivity index is 1.30. The van der Waals surface area contributed by atoms with Crippen LogP contribution < -0.4 is 5.32 Å². The van der Waals surface area contributed by atoms with Crippen molar-refractivity contribution in [3.63, 3.8) is 0 Å². The van der Waals surface area contributed by atoms with Crippen LogP contribution >= 0.6 is 0 Å². The minimum Gasteiger partial charge on any atom is -0.379 e. The number of fused-ring (bicyclic) bond motifs is 1. The molecule has 1 atom stereocenters. The van der Waals surface area contributed by atoms with Crippen molar-refractivity contribution in [2.45, 2.75) is 37.8 Å². The lowest BCUT2D eigenvalue weighted by atomic mass is 9.91. The van der Waals surface area contributed by atoms with Crippen LogP contribution in [0.15, 0.2) is 60.9 Å². The maximum Gasteiger partial charge on any atom is 0.255 e. The van der Waals surface area contributed by atoms with E-state index in [9.17, 15) is 9.90 Å². The number of hydrogen-bond donors (Lipinski definition) is 2. The summed E-state index contributed by atoms with van der Waals surface area (Å²) >= 11 is 0. The topological polar surface area (TPSA) is 69.9 Å². The fraction of sp³-hybridized carbons (Fsp3) is 0.391. The number of aliphatic hydroxyl groups is 1. The molecule has 1 aromatic carbocycles. The van der Waals surface area contributed by atoms with Crippen LogP contribution in [0.4, 0.5) is 0 Å². The van der Waals surface area contributed by atoms with Gasteiger partial charge in [0.25, 0.3) is 5.91 Å². The number of nitrogens with zero attached hydrogens (tertiary/aromatic N) is 3. The molecule has 29 heavy (non-hydrogen) atoms. The number of imidazole rings is 1. The van der Waals surface area contributed by atoms with E-state index in [4.69, 9.17) is 0 Å². The van der Waals surface area contributed by atoms with Crippen molar-refractivity contribution in [3.05, 3.63) is 72.2 Å². The van der Waals surface area contributed by atoms with Crippen molar-refractivity contribution in [1.29, 1.82) is 0 Å². The minimum absolute atomic E-state index is 0.151. The van der Waals surface area contributed by atoms with Crippen molar-refractivity contribution in [2.24, 2.45) is 0 Å². The highest BCUT2D eigenvalue weighted by Crippen LogP contribution is 2.23. The van der Waals surface area contributed by atoms with Crippen LogP contribution in [0.1, 0.15) is 30.5 Å². The number of aryl methyl sites for hydroxylation is 1. The summed E-state index contributed by atoms with van der Waals surface area (Å²) in [5, 5.41) is 14.3. The standard InChI is InChI=1S/C23H28N4O2/c28-22-23(29,18-24-16-20-17-25-21-11-4-5-15-27(20)21)12-7-14-26(22)13-6-10-19-8-2-1-3-9-19/h1-5,8-9,11,15,17,24,29H,6-7,10,12-14,16,18H2/t23-/m0/s1. The molecule has 0 unspecified atom stereocenters. The van der Waals surface area contributed by atoms with E-state index in [1.807, 2.05) is 58.1 Å². The molecule has 152 valence electrons. The maximum atomic E-state index is 12.9. The van der Waals surface area contributed by atoms with Gasteiger partial charge in [0, 0.05) is 32.4 Å². The first-order valence-corrected chi connectivity index (χ1v) is 10.3. The molecule has 1 aliphatic heterocycles. The van der Waals surface area contributed by atoms with E-state index >= 15 is 0 Å². The van der Waals surface area contributed by atoms with Gasteiger partial charge in [-0.3, -0.25) is 4.79 Å². The lowest BCUT2D eigenvalue weighted by molar-refractivity contribution is -0.156. The summed E-state index contributed by atoms with van der Waals surface area (Å²) in [6, 6.07) is 16.2. The second kappa shape index (κ2) is 8.76. The number of hydrogen-bond acceptors (Lipinski definition) is 4. The van der Waals surface area contributed by atoms with Crippen LogP contribution in [0.5, 0.6) is 0 Å². The highest BCUT2D eigenvalue weighted by Gasteiger charge is 2.41. The summed E-state index contributed by atoms with van der Waals surface area (Å²) in [7, 11) is 0. The fourth-order valence-electron chi connectivity index (χ4n) is 4.07. The van der Waals surface area contributed by atoms with Gasteiger partial charge in [0.1, 0.15) is 5.65 Å². The Hall–Kier alpha value is -2.70. The second-order valence-electron chi connectivity index (χ2n) is 7.80. The van der Waals surface area contributed by atoms with Gasteiger partial charge in [-0.05, 0) is 43.4 Å². The Bertz CT molecular complexity index is 956. The predicted octanol–water partition coefficient (Wildman–Crippen LogP) is 2.41. The van der Waals surface area contributed by atoms with Crippen LogP contribution in [0.25, 0.3) is 5.65 Å². The van der Waals surface area contributed by atoms with E-state index in [-0.39, 0.29) is 12.5 Å². The van der Waals surface area contributed by atoms with Gasteiger partial charge in [-0.2, -0.15) is 0 Å². The fourth-order valence-corrected chi connectivity index (χ4v) is 4.07. The number of likely N-dealkylation sites (tertiary alicyclic amines) is 1. The molecule has 0 spiro atoms. The number of piperidine rings is 1. The molecule has 1 fully saturated rings. The van der Waals surface area contributed by atoms with Crippen molar-refractivity contribution < 1.29 is 9.90 Å². The van der Waals surface area contributed by atoms with Crippen molar-refractivity contribution in [2.75, 3.05) is 19.6 Å². The Morgan fingerprint density at radius 2 is 1.97 bits per heavy atom. The van der Waals surface area contributed by atoms with E-state index in [0.717, 1.165) is 37.1 Å². The van der Waals surface area contributed by atoms with Gasteiger partial charge in [-0.15, -0.1) is 0 Å². The van der Waals surface area contributed by atoms with E-state index in [1.165, 1.54) is 5.56 Å². The van der Waals surface area contributed by atoms with Gasteiger partial charge in [0.15, 0.2) is 5.60 Å². The number of nitrogens with one attached hydrogen (secondary N) is 1. The van der Waals surface area contributed by atoms with Gasteiger partial charge in [-0.1, -0.05) is 36.4 Å². The Morgan fingerprint density at radius 1 is 1.14 bits per heavy atom. The van der Waals surface area contributed by atoms with E-state index in [1.54, 1.807) is 0 Å². The van der Waals surface area contributed by atoms with Gasteiger partial charge in [0.05, 0.1) is 11.9 Å². The molecule has 1 amide bonds. The summed E-state index contributed by atoms with van der Waals surface area (Å²) in [6.07, 6.45) is 6.96. The third kappa shape index (κ3) is 4.49. The molecule has 1 saturated heterocycles. The highest BCUT2D eigenvalue weighted by atomic mass is 16.3. The van der Waals surface area contributed by atoms with Gasteiger partial charge < -0.3 is 19.7 Å². The second-order valence-corrected chi connectivity index (χ2v) is 7.80. The normalized spacial score (nSPS) is 19.8. The molecule has 4 rings (SSSR count). The molecule has 6 nitrogen and oxygen atoms in total. The van der Waals surface area contributed by atoms with E-state index in [0.29, 0.717) is 19.5 Å². The predicted molar refractivity (Wildman–Crippen MR) is 112 cm³/mol. The summed E-state index contributed by atoms with van der Waals surface area (Å²) in [5.41, 5.74) is 1.85. The number of carbonyl (C=O) groups excluding carboxylic acids is 1. The van der Waals surface area contributed by atoms with Crippen LogP contribution in [0.2, 0.25) is 0 Å². The first kappa shape index (κ1) is 19.6. The van der Waals surface area contributed by atoms with Crippen LogP contribution in [0.3, 0.4) is 0 Å². The van der Waals surface area contributed by atoms with E-state index in [2.05, 4.69) is 22.4 Å². The monoisotopic (exact) mass is 392 g/mol. The summed E-state index contributed by atoms with van der Waals surface area (Å²) in [5.74, 6) is -0.151. The minimum atomic E-state index is -1.33. The van der Waals surface area contributed by atoms with E-state index < -0.39 is 5.60 Å². The lowest BCUT2D eigenvalue weighted by Gasteiger charge is -2.38. The zero-order valence-corrected chi connectivity index (χ0v) is 16.6. The van der Waals surface area contributed by atoms with Crippen LogP contribution in [-0.4, -0.2) is 50.5 Å². The Morgan fingerprint density at radius 3 is 2.83 bits per heavy atom. The van der Waals surface area contributed by atoms with Crippen LogP contribution in [-0.2, 0) is 17.8 Å². The molecule has 2 N–H and O–H groups in total. The van der Waals surface area contributed by atoms with Gasteiger partial charge in [-0.25, -0.2) is 4.98 Å². The molecule has 0 bridgehead atoms. The zero-order chi connectivity index (χ0) is 20.1. The SMILES string of the molecule is O=C1N(CCCc2ccccc2)CCC[C@]1(O)CNCc1cnc2ccccn12. The molecular formula is C23H28N4O2. The third-order valence-corrected chi connectivity index (χ3v) is 5.66. The molecule has 3 aromatic rings. The third-order valence-electron chi connectivity index (χ3n) is 5.66. The van der Waals surface area contributed by atoms with Crippen molar-refractivity contribution >= 4 is 11.6 Å². The molecule has 1 aliphatic rings. The number of pyridine rings is 1. The summed E-state index contributed by atoms with van der Waals surface area (Å²) in [6.45, 7) is 2.21. The Labute approximate surface area is 171 Å². The molecular weight excluding hydrogens is 364 g/mol. The molecule has 3 heterocycles. The lowest BCUT2D eigenvalue weighted by Crippen LogP contribution is -2.58. The molecule has 2 aromatic heterocycles. The average Bonchev–Trinajstić information content (AvgIpc) is 3.15. The number of aromatic nitrogens is 2. The number of carbonyl (C=O) groups is 1.